The van der Waals surface area contributed by atoms with Gasteiger partial charge >= 0.3 is 0 Å². The summed E-state index contributed by atoms with van der Waals surface area (Å²) in [5, 5.41) is 3.38. The van der Waals surface area contributed by atoms with Gasteiger partial charge in [-0.15, -0.1) is 0 Å². The Kier molecular flexibility index (Phi) is 7.47. The molecule has 1 aliphatic rings. The molecule has 124 valence electrons. The molecule has 0 radical (unpaired) electrons. The zero-order chi connectivity index (χ0) is 15.9. The number of benzene rings is 2. The SMILES string of the molecule is BrC1=C(C=[NH+]c2ccccc2)CCC/C1=C\Nc1ccccc1.[Br-]. The summed E-state index contributed by atoms with van der Waals surface area (Å²) in [6.45, 7) is 0. The van der Waals surface area contributed by atoms with Crippen LogP contribution in [0.3, 0.4) is 0 Å². The van der Waals surface area contributed by atoms with Crippen LogP contribution in [0.5, 0.6) is 0 Å². The Morgan fingerprint density at radius 1 is 0.917 bits per heavy atom. The van der Waals surface area contributed by atoms with Crippen LogP contribution in [0.1, 0.15) is 19.3 Å². The van der Waals surface area contributed by atoms with Crippen LogP contribution in [0.2, 0.25) is 0 Å². The van der Waals surface area contributed by atoms with Gasteiger partial charge in [0.1, 0.15) is 0 Å². The van der Waals surface area contributed by atoms with Gasteiger partial charge in [-0.25, -0.2) is 4.99 Å². The highest BCUT2D eigenvalue weighted by Crippen LogP contribution is 2.32. The van der Waals surface area contributed by atoms with Crippen molar-refractivity contribution in [2.24, 2.45) is 0 Å². The Labute approximate surface area is 162 Å². The molecule has 2 nitrogen and oxygen atoms in total. The van der Waals surface area contributed by atoms with E-state index in [4.69, 9.17) is 0 Å². The quantitative estimate of drug-likeness (QED) is 0.679. The van der Waals surface area contributed by atoms with E-state index in [2.05, 4.69) is 62.9 Å². The normalized spacial score (nSPS) is 16.3. The molecule has 4 heteroatoms. The Hall–Kier alpha value is -1.65. The molecular formula is C20H20Br2N2. The van der Waals surface area contributed by atoms with Crippen molar-refractivity contribution in [1.82, 2.24) is 0 Å². The van der Waals surface area contributed by atoms with Gasteiger partial charge in [0.25, 0.3) is 0 Å². The van der Waals surface area contributed by atoms with Crippen LogP contribution in [-0.2, 0) is 0 Å². The highest BCUT2D eigenvalue weighted by atomic mass is 79.9. The van der Waals surface area contributed by atoms with Gasteiger partial charge in [0.2, 0.25) is 5.69 Å². The van der Waals surface area contributed by atoms with Crippen molar-refractivity contribution in [3.05, 3.63) is 82.5 Å². The van der Waals surface area contributed by atoms with Crippen molar-refractivity contribution in [3.63, 3.8) is 0 Å². The third kappa shape index (κ3) is 5.18. The monoisotopic (exact) mass is 446 g/mol. The third-order valence-electron chi connectivity index (χ3n) is 3.83. The lowest BCUT2D eigenvalue weighted by Crippen LogP contribution is -3.00. The molecule has 0 spiro atoms. The zero-order valence-electron chi connectivity index (χ0n) is 13.3. The first-order valence-electron chi connectivity index (χ1n) is 7.87. The van der Waals surface area contributed by atoms with E-state index in [9.17, 15) is 0 Å². The molecule has 2 N–H and O–H groups in total. The summed E-state index contributed by atoms with van der Waals surface area (Å²) in [5.41, 5.74) is 4.83. The summed E-state index contributed by atoms with van der Waals surface area (Å²) in [4.78, 5) is 3.38. The average Bonchev–Trinajstić information content (AvgIpc) is 2.61. The number of hydrogen-bond donors (Lipinski definition) is 2. The third-order valence-corrected chi connectivity index (χ3v) is 4.85. The molecule has 24 heavy (non-hydrogen) atoms. The van der Waals surface area contributed by atoms with Crippen molar-refractivity contribution in [3.8, 4) is 0 Å². The van der Waals surface area contributed by atoms with E-state index in [-0.39, 0.29) is 17.0 Å². The van der Waals surface area contributed by atoms with E-state index in [1.165, 1.54) is 22.0 Å². The highest BCUT2D eigenvalue weighted by molar-refractivity contribution is 9.12. The first-order valence-corrected chi connectivity index (χ1v) is 8.67. The summed E-state index contributed by atoms with van der Waals surface area (Å²) in [5.74, 6) is 0. The van der Waals surface area contributed by atoms with Gasteiger partial charge in [0, 0.05) is 34.1 Å². The van der Waals surface area contributed by atoms with E-state index in [1.54, 1.807) is 0 Å². The standard InChI is InChI=1S/C20H19BrN2.BrH/c21-20-16(14-22-18-10-3-1-4-11-18)8-7-9-17(20)15-23-19-12-5-2-6-13-19;/h1-6,10-15,22H,7-9H2;1H/b16-14+,23-15?;. The Balaban J connectivity index is 0.00000208. The first kappa shape index (κ1) is 18.7. The van der Waals surface area contributed by atoms with Gasteiger partial charge in [0.15, 0.2) is 6.21 Å². The van der Waals surface area contributed by atoms with Crippen molar-refractivity contribution >= 4 is 33.5 Å². The van der Waals surface area contributed by atoms with Gasteiger partial charge in [-0.05, 0) is 52.9 Å². The minimum Gasteiger partial charge on any atom is -1.00 e. The number of allylic oxidation sites excluding steroid dienone is 3. The summed E-state index contributed by atoms with van der Waals surface area (Å²) >= 11 is 3.77. The molecular weight excluding hydrogens is 428 g/mol. The molecule has 0 heterocycles. The molecule has 0 unspecified atom stereocenters. The summed E-state index contributed by atoms with van der Waals surface area (Å²) in [6.07, 6.45) is 7.55. The minimum absolute atomic E-state index is 0. The Bertz CT molecular complexity index is 735. The van der Waals surface area contributed by atoms with Gasteiger partial charge < -0.3 is 22.3 Å². The average molecular weight is 448 g/mol. The largest absolute Gasteiger partial charge is 1.00 e. The van der Waals surface area contributed by atoms with Crippen LogP contribution in [0.4, 0.5) is 11.4 Å². The fraction of sp³-hybridized carbons (Fsp3) is 0.150. The van der Waals surface area contributed by atoms with E-state index in [0.29, 0.717) is 0 Å². The highest BCUT2D eigenvalue weighted by Gasteiger charge is 2.15. The number of nitrogens with one attached hydrogen (secondary N) is 2. The summed E-state index contributed by atoms with van der Waals surface area (Å²) in [6, 6.07) is 20.5. The molecule has 0 aromatic heterocycles. The lowest BCUT2D eigenvalue weighted by atomic mass is 9.96. The van der Waals surface area contributed by atoms with Gasteiger partial charge in [-0.1, -0.05) is 36.4 Å². The second-order valence-electron chi connectivity index (χ2n) is 5.53. The fourth-order valence-corrected chi connectivity index (χ4v) is 3.20. The second kappa shape index (κ2) is 9.60. The number of anilines is 1. The van der Waals surface area contributed by atoms with Gasteiger partial charge in [-0.3, -0.25) is 0 Å². The minimum atomic E-state index is 0. The number of para-hydroxylation sites is 2. The van der Waals surface area contributed by atoms with E-state index in [1.807, 2.05) is 36.4 Å². The molecule has 3 rings (SSSR count). The maximum Gasteiger partial charge on any atom is 0.203 e. The summed E-state index contributed by atoms with van der Waals surface area (Å²) < 4.78 is 1.19. The lowest BCUT2D eigenvalue weighted by Gasteiger charge is -2.16. The molecule has 0 saturated carbocycles. The molecule has 2 aromatic rings. The molecule has 1 aliphatic carbocycles. The fourth-order valence-electron chi connectivity index (χ4n) is 2.58. The van der Waals surface area contributed by atoms with Crippen LogP contribution >= 0.6 is 15.9 Å². The van der Waals surface area contributed by atoms with Crippen LogP contribution in [-0.4, -0.2) is 6.21 Å². The van der Waals surface area contributed by atoms with Crippen molar-refractivity contribution in [2.75, 3.05) is 5.32 Å². The smallest absolute Gasteiger partial charge is 0.203 e. The number of hydrogen-bond acceptors (Lipinski definition) is 1. The maximum atomic E-state index is 3.77. The molecule has 0 aliphatic heterocycles. The first-order chi connectivity index (χ1) is 11.3. The predicted molar refractivity (Wildman–Crippen MR) is 101 cm³/mol. The van der Waals surface area contributed by atoms with E-state index >= 15 is 0 Å². The second-order valence-corrected chi connectivity index (χ2v) is 6.32. The number of rotatable bonds is 4. The lowest BCUT2D eigenvalue weighted by molar-refractivity contribution is -0.347. The molecule has 2 aromatic carbocycles. The maximum absolute atomic E-state index is 3.77. The molecule has 0 saturated heterocycles. The summed E-state index contributed by atoms with van der Waals surface area (Å²) in [7, 11) is 0. The van der Waals surface area contributed by atoms with Crippen LogP contribution in [0, 0.1) is 0 Å². The van der Waals surface area contributed by atoms with Crippen molar-refractivity contribution < 1.29 is 22.0 Å². The van der Waals surface area contributed by atoms with Crippen LogP contribution < -0.4 is 27.3 Å². The van der Waals surface area contributed by atoms with Crippen LogP contribution in [0.15, 0.2) is 82.5 Å². The predicted octanol–water partition coefficient (Wildman–Crippen LogP) is 1.30. The Morgan fingerprint density at radius 3 is 2.29 bits per heavy atom. The van der Waals surface area contributed by atoms with Gasteiger partial charge in [0.05, 0.1) is 0 Å². The number of halogens is 2. The van der Waals surface area contributed by atoms with Crippen LogP contribution in [0.25, 0.3) is 0 Å². The topological polar surface area (TPSA) is 26.0 Å². The van der Waals surface area contributed by atoms with Crippen molar-refractivity contribution in [1.29, 1.82) is 0 Å². The molecule has 0 amide bonds. The van der Waals surface area contributed by atoms with E-state index < -0.39 is 0 Å². The van der Waals surface area contributed by atoms with Crippen molar-refractivity contribution in [2.45, 2.75) is 19.3 Å². The molecule has 0 bridgehead atoms. The molecule has 0 atom stereocenters. The zero-order valence-corrected chi connectivity index (χ0v) is 16.5. The van der Waals surface area contributed by atoms with E-state index in [0.717, 1.165) is 24.2 Å². The van der Waals surface area contributed by atoms with Gasteiger partial charge in [-0.2, -0.15) is 0 Å². The molecule has 0 fully saturated rings. The Morgan fingerprint density at radius 2 is 1.58 bits per heavy atom.